The van der Waals surface area contributed by atoms with Crippen molar-refractivity contribution in [3.63, 3.8) is 0 Å². The molecule has 7 heterocycles. The molecule has 0 radical (unpaired) electrons. The first-order valence-corrected chi connectivity index (χ1v) is 12.8. The summed E-state index contributed by atoms with van der Waals surface area (Å²) in [6.07, 6.45) is 9.11. The van der Waals surface area contributed by atoms with Crippen molar-refractivity contribution in [1.29, 1.82) is 0 Å². The van der Waals surface area contributed by atoms with Crippen LogP contribution in [0.5, 0.6) is 0 Å². The number of nitrogen functional groups attached to an aromatic ring is 1. The summed E-state index contributed by atoms with van der Waals surface area (Å²) in [5, 5.41) is 6.90. The molecule has 0 aliphatic carbocycles. The van der Waals surface area contributed by atoms with Gasteiger partial charge in [-0.15, -0.1) is 5.10 Å². The molecule has 194 valence electrons. The number of nitrogens with one attached hydrogen (secondary N) is 1. The Kier molecular flexibility index (Phi) is 6.11. The molecule has 4 aliphatic rings. The van der Waals surface area contributed by atoms with E-state index in [2.05, 4.69) is 35.1 Å². The Morgan fingerprint density at radius 2 is 1.81 bits per heavy atom. The zero-order chi connectivity index (χ0) is 25.5. The van der Waals surface area contributed by atoms with Crippen molar-refractivity contribution in [2.24, 2.45) is 5.92 Å². The molecule has 2 amide bonds. The van der Waals surface area contributed by atoms with Crippen LogP contribution in [0.25, 0.3) is 5.65 Å². The molecular formula is C25H30FN9O2. The lowest BCUT2D eigenvalue weighted by Gasteiger charge is -2.38. The number of halogens is 1. The number of amides is 2. The van der Waals surface area contributed by atoms with Crippen molar-refractivity contribution in [3.05, 3.63) is 42.2 Å². The van der Waals surface area contributed by atoms with E-state index in [0.29, 0.717) is 30.7 Å². The highest BCUT2D eigenvalue weighted by Crippen LogP contribution is 2.32. The molecule has 12 heteroatoms. The highest BCUT2D eigenvalue weighted by molar-refractivity contribution is 6.12. The predicted octanol–water partition coefficient (Wildman–Crippen LogP) is 1.62. The standard InChI is InChI=1S/C25H30FN9O2/c26-17-13-29-23-21(22(27)31-35(23)15-17)24(36)30-19-1-6-28-14-20(19)33-9-2-16(3-10-33)25(37)34-12-11-32-7-4-18(34)5-8-32/h1,6,13-16,18H,2-5,7-12H2,(H2,27,31)(H,28,30,36). The van der Waals surface area contributed by atoms with E-state index in [0.717, 1.165) is 74.5 Å². The minimum atomic E-state index is -0.582. The molecule has 3 aromatic heterocycles. The number of anilines is 3. The molecule has 0 atom stereocenters. The molecule has 0 aromatic carbocycles. The second-order valence-corrected chi connectivity index (χ2v) is 10.0. The molecule has 2 bridgehead atoms. The van der Waals surface area contributed by atoms with Gasteiger partial charge in [0.15, 0.2) is 17.3 Å². The average Bonchev–Trinajstić information content (AvgIpc) is 3.03. The molecule has 37 heavy (non-hydrogen) atoms. The van der Waals surface area contributed by atoms with Gasteiger partial charge in [-0.25, -0.2) is 13.9 Å². The number of nitrogens with two attached hydrogens (primary N) is 1. The van der Waals surface area contributed by atoms with Crippen LogP contribution in [0.2, 0.25) is 0 Å². The van der Waals surface area contributed by atoms with E-state index in [4.69, 9.17) is 5.73 Å². The van der Waals surface area contributed by atoms with Crippen molar-refractivity contribution >= 4 is 34.7 Å². The van der Waals surface area contributed by atoms with E-state index in [1.165, 1.54) is 0 Å². The lowest BCUT2D eigenvalue weighted by Crippen LogP contribution is -2.47. The number of carbonyl (C=O) groups excluding carboxylic acids is 2. The molecule has 4 saturated heterocycles. The SMILES string of the molecule is Nc1nn2cc(F)cnc2c1C(=O)Nc1ccncc1N1CCC(C(=O)N2CCN3CCC2CC3)CC1. The summed E-state index contributed by atoms with van der Waals surface area (Å²) in [5.41, 5.74) is 7.56. The summed E-state index contributed by atoms with van der Waals surface area (Å²) < 4.78 is 14.7. The highest BCUT2D eigenvalue weighted by Gasteiger charge is 2.36. The number of fused-ring (bicyclic) bond motifs is 5. The number of piperidine rings is 2. The number of hydrogen-bond donors (Lipinski definition) is 2. The van der Waals surface area contributed by atoms with Gasteiger partial charge in [-0.1, -0.05) is 0 Å². The van der Waals surface area contributed by atoms with Crippen molar-refractivity contribution in [1.82, 2.24) is 29.4 Å². The highest BCUT2D eigenvalue weighted by atomic mass is 19.1. The Morgan fingerprint density at radius 1 is 1.03 bits per heavy atom. The molecule has 3 N–H and O–H groups in total. The number of carbonyl (C=O) groups is 2. The molecule has 0 spiro atoms. The molecular weight excluding hydrogens is 477 g/mol. The summed E-state index contributed by atoms with van der Waals surface area (Å²) >= 11 is 0. The van der Waals surface area contributed by atoms with Crippen LogP contribution < -0.4 is 16.0 Å². The van der Waals surface area contributed by atoms with E-state index < -0.39 is 11.7 Å². The van der Waals surface area contributed by atoms with Gasteiger partial charge >= 0.3 is 0 Å². The lowest BCUT2D eigenvalue weighted by molar-refractivity contribution is -0.138. The minimum Gasteiger partial charge on any atom is -0.381 e. The van der Waals surface area contributed by atoms with Gasteiger partial charge in [-0.05, 0) is 31.7 Å². The molecule has 3 aromatic rings. The fourth-order valence-corrected chi connectivity index (χ4v) is 5.85. The van der Waals surface area contributed by atoms with E-state index in [-0.39, 0.29) is 22.9 Å². The van der Waals surface area contributed by atoms with Gasteiger partial charge in [0.05, 0.1) is 30.0 Å². The van der Waals surface area contributed by atoms with Gasteiger partial charge in [0.2, 0.25) is 5.91 Å². The largest absolute Gasteiger partial charge is 0.381 e. The molecule has 0 saturated carbocycles. The Morgan fingerprint density at radius 3 is 2.59 bits per heavy atom. The maximum absolute atomic E-state index is 13.5. The average molecular weight is 508 g/mol. The van der Waals surface area contributed by atoms with Crippen LogP contribution in [0.4, 0.5) is 21.6 Å². The van der Waals surface area contributed by atoms with Gasteiger partial charge in [-0.2, -0.15) is 0 Å². The third-order valence-corrected chi connectivity index (χ3v) is 7.87. The molecule has 7 rings (SSSR count). The van der Waals surface area contributed by atoms with Crippen molar-refractivity contribution in [3.8, 4) is 0 Å². The Balaban J connectivity index is 1.15. The molecule has 0 unspecified atom stereocenters. The van der Waals surface area contributed by atoms with Gasteiger partial charge < -0.3 is 25.8 Å². The Labute approximate surface area is 213 Å². The second kappa shape index (κ2) is 9.58. The molecule has 4 aliphatic heterocycles. The van der Waals surface area contributed by atoms with Crippen LogP contribution in [0.3, 0.4) is 0 Å². The number of nitrogens with zero attached hydrogens (tertiary/aromatic N) is 7. The van der Waals surface area contributed by atoms with E-state index in [9.17, 15) is 14.0 Å². The third-order valence-electron chi connectivity index (χ3n) is 7.87. The summed E-state index contributed by atoms with van der Waals surface area (Å²) in [6, 6.07) is 2.10. The lowest BCUT2D eigenvalue weighted by atomic mass is 9.93. The van der Waals surface area contributed by atoms with Crippen LogP contribution in [-0.4, -0.2) is 86.5 Å². The van der Waals surface area contributed by atoms with Crippen LogP contribution in [0.15, 0.2) is 30.9 Å². The van der Waals surface area contributed by atoms with Crippen LogP contribution in [-0.2, 0) is 4.79 Å². The van der Waals surface area contributed by atoms with Gasteiger partial charge in [0.1, 0.15) is 5.56 Å². The summed E-state index contributed by atoms with van der Waals surface area (Å²) in [4.78, 5) is 41.6. The first kappa shape index (κ1) is 23.6. The maximum atomic E-state index is 13.5. The normalized spacial score (nSPS) is 22.3. The number of rotatable bonds is 4. The summed E-state index contributed by atoms with van der Waals surface area (Å²) in [6.45, 7) is 5.37. The zero-order valence-electron chi connectivity index (χ0n) is 20.5. The topological polar surface area (TPSA) is 125 Å². The van der Waals surface area contributed by atoms with E-state index in [1.807, 2.05) is 0 Å². The van der Waals surface area contributed by atoms with Crippen LogP contribution >= 0.6 is 0 Å². The monoisotopic (exact) mass is 507 g/mol. The maximum Gasteiger partial charge on any atom is 0.263 e. The van der Waals surface area contributed by atoms with Gasteiger partial charge in [0.25, 0.3) is 5.91 Å². The smallest absolute Gasteiger partial charge is 0.263 e. The Bertz CT molecular complexity index is 1330. The number of pyridine rings is 1. The second-order valence-electron chi connectivity index (χ2n) is 10.0. The van der Waals surface area contributed by atoms with E-state index >= 15 is 0 Å². The van der Waals surface area contributed by atoms with Crippen molar-refractivity contribution in [2.45, 2.75) is 31.7 Å². The van der Waals surface area contributed by atoms with Crippen LogP contribution in [0, 0.1) is 11.7 Å². The molecule has 11 nitrogen and oxygen atoms in total. The van der Waals surface area contributed by atoms with Gasteiger partial charge in [0, 0.05) is 57.4 Å². The Hall–Kier alpha value is -3.80. The molecule has 4 fully saturated rings. The fourth-order valence-electron chi connectivity index (χ4n) is 5.85. The quantitative estimate of drug-likeness (QED) is 0.546. The third kappa shape index (κ3) is 4.45. The number of hydrogen-bond acceptors (Lipinski definition) is 8. The zero-order valence-corrected chi connectivity index (χ0v) is 20.5. The first-order chi connectivity index (χ1) is 18.0. The van der Waals surface area contributed by atoms with Crippen molar-refractivity contribution < 1.29 is 14.0 Å². The van der Waals surface area contributed by atoms with Crippen LogP contribution in [0.1, 0.15) is 36.0 Å². The fraction of sp³-hybridized carbons (Fsp3) is 0.480. The number of aromatic nitrogens is 4. The van der Waals surface area contributed by atoms with Crippen molar-refractivity contribution in [2.75, 3.05) is 55.2 Å². The predicted molar refractivity (Wildman–Crippen MR) is 136 cm³/mol. The minimum absolute atomic E-state index is 0.0168. The van der Waals surface area contributed by atoms with E-state index in [1.54, 1.807) is 18.5 Å². The first-order valence-electron chi connectivity index (χ1n) is 12.8. The summed E-state index contributed by atoms with van der Waals surface area (Å²) in [5.74, 6) is -0.801. The summed E-state index contributed by atoms with van der Waals surface area (Å²) in [7, 11) is 0. The van der Waals surface area contributed by atoms with Gasteiger partial charge in [-0.3, -0.25) is 14.6 Å².